The van der Waals surface area contributed by atoms with E-state index >= 15 is 0 Å². The average Bonchev–Trinajstić information content (AvgIpc) is 3.43. The lowest BCUT2D eigenvalue weighted by molar-refractivity contribution is -0.384. The Kier molecular flexibility index (Phi) is 5.89. The van der Waals surface area contributed by atoms with Gasteiger partial charge in [-0.1, -0.05) is 48.2 Å². The van der Waals surface area contributed by atoms with E-state index in [4.69, 9.17) is 4.42 Å². The predicted octanol–water partition coefficient (Wildman–Crippen LogP) is 4.94. The van der Waals surface area contributed by atoms with E-state index in [1.54, 1.807) is 18.2 Å². The van der Waals surface area contributed by atoms with Crippen molar-refractivity contribution in [3.8, 4) is 22.8 Å². The zero-order chi connectivity index (χ0) is 21.8. The summed E-state index contributed by atoms with van der Waals surface area (Å²) >= 11 is 1.45. The van der Waals surface area contributed by atoms with Gasteiger partial charge in [-0.3, -0.25) is 14.7 Å². The summed E-state index contributed by atoms with van der Waals surface area (Å²) in [5, 5.41) is 28.2. The Labute approximate surface area is 182 Å². The van der Waals surface area contributed by atoms with Gasteiger partial charge in [0.15, 0.2) is 11.0 Å². The Balaban J connectivity index is 1.55. The maximum Gasteiger partial charge on any atom is 0.269 e. The minimum Gasteiger partial charge on any atom is -0.419 e. The van der Waals surface area contributed by atoms with Gasteiger partial charge in [-0.2, -0.15) is 0 Å². The Bertz CT molecular complexity index is 1200. The lowest BCUT2D eigenvalue weighted by Crippen LogP contribution is -2.01. The third-order valence-corrected chi connectivity index (χ3v) is 5.52. The molecular weight excluding hydrogens is 416 g/mol. The first kappa shape index (κ1) is 20.5. The normalized spacial score (nSPS) is 11.9. The molecule has 0 fully saturated rings. The predicted molar refractivity (Wildman–Crippen MR) is 116 cm³/mol. The third-order valence-electron chi connectivity index (χ3n) is 4.46. The summed E-state index contributed by atoms with van der Waals surface area (Å²) in [7, 11) is 0. The number of aromatic nitrogens is 5. The molecule has 2 aromatic heterocycles. The smallest absolute Gasteiger partial charge is 0.269 e. The van der Waals surface area contributed by atoms with Gasteiger partial charge in [-0.05, 0) is 19.1 Å². The standard InChI is InChI=1S/C21H18N6O3S/c1-3-13-26-18(15-7-5-4-6-8-15)22-25-21(26)31-14(2)19-23-24-20(30-19)16-9-11-17(12-10-16)27(28)29/h3-12,14H,1,13H2,2H3. The second kappa shape index (κ2) is 8.92. The third kappa shape index (κ3) is 4.38. The van der Waals surface area contributed by atoms with Crippen LogP contribution in [0.5, 0.6) is 0 Å². The van der Waals surface area contributed by atoms with Gasteiger partial charge < -0.3 is 4.42 Å². The van der Waals surface area contributed by atoms with Gasteiger partial charge in [0.1, 0.15) is 0 Å². The minimum absolute atomic E-state index is 0.00295. The molecule has 9 nitrogen and oxygen atoms in total. The zero-order valence-corrected chi connectivity index (χ0v) is 17.4. The Morgan fingerprint density at radius 2 is 1.84 bits per heavy atom. The molecule has 1 atom stereocenters. The number of nitrogens with zero attached hydrogens (tertiary/aromatic N) is 6. The highest BCUT2D eigenvalue weighted by Gasteiger charge is 2.21. The lowest BCUT2D eigenvalue weighted by atomic mass is 10.2. The molecule has 4 aromatic rings. The fourth-order valence-electron chi connectivity index (χ4n) is 2.92. The van der Waals surface area contributed by atoms with Crippen LogP contribution in [-0.4, -0.2) is 29.9 Å². The summed E-state index contributed by atoms with van der Waals surface area (Å²) in [6, 6.07) is 15.8. The molecule has 0 saturated carbocycles. The molecule has 10 heteroatoms. The van der Waals surface area contributed by atoms with Crippen molar-refractivity contribution in [3.05, 3.63) is 83.3 Å². The number of hydrogen-bond donors (Lipinski definition) is 0. The van der Waals surface area contributed by atoms with E-state index in [0.29, 0.717) is 29.0 Å². The quantitative estimate of drug-likeness (QED) is 0.166. The SMILES string of the molecule is C=CCn1c(SC(C)c2nnc(-c3ccc([N+](=O)[O-])cc3)o2)nnc1-c1ccccc1. The maximum atomic E-state index is 10.8. The van der Waals surface area contributed by atoms with E-state index in [9.17, 15) is 10.1 Å². The molecule has 2 heterocycles. The number of nitro benzene ring substituents is 1. The summed E-state index contributed by atoms with van der Waals surface area (Å²) in [5.74, 6) is 1.48. The van der Waals surface area contributed by atoms with Gasteiger partial charge in [0, 0.05) is 29.8 Å². The number of hydrogen-bond acceptors (Lipinski definition) is 8. The number of nitro groups is 1. The van der Waals surface area contributed by atoms with E-state index < -0.39 is 4.92 Å². The number of thioether (sulfide) groups is 1. The zero-order valence-electron chi connectivity index (χ0n) is 16.6. The van der Waals surface area contributed by atoms with Crippen LogP contribution in [0.3, 0.4) is 0 Å². The first-order valence-corrected chi connectivity index (χ1v) is 10.3. The van der Waals surface area contributed by atoms with Crippen LogP contribution in [0.15, 0.2) is 76.8 Å². The molecule has 31 heavy (non-hydrogen) atoms. The van der Waals surface area contributed by atoms with Crippen LogP contribution in [0.25, 0.3) is 22.8 Å². The number of non-ortho nitro benzene ring substituents is 1. The van der Waals surface area contributed by atoms with Crippen LogP contribution in [0.4, 0.5) is 5.69 Å². The number of rotatable bonds is 8. The molecule has 0 aliphatic rings. The molecule has 0 saturated heterocycles. The molecule has 0 amide bonds. The summed E-state index contributed by atoms with van der Waals surface area (Å²) in [5.41, 5.74) is 1.58. The maximum absolute atomic E-state index is 10.8. The molecule has 156 valence electrons. The largest absolute Gasteiger partial charge is 0.419 e. The van der Waals surface area contributed by atoms with Crippen molar-refractivity contribution in [1.82, 2.24) is 25.0 Å². The number of benzene rings is 2. The molecule has 0 radical (unpaired) electrons. The van der Waals surface area contributed by atoms with Crippen LogP contribution < -0.4 is 0 Å². The highest BCUT2D eigenvalue weighted by atomic mass is 32.2. The second-order valence-electron chi connectivity index (χ2n) is 6.58. The van der Waals surface area contributed by atoms with Crippen LogP contribution in [0, 0.1) is 10.1 Å². The average molecular weight is 434 g/mol. The second-order valence-corrected chi connectivity index (χ2v) is 7.89. The first-order chi connectivity index (χ1) is 15.1. The van der Waals surface area contributed by atoms with Crippen LogP contribution in [0.2, 0.25) is 0 Å². The van der Waals surface area contributed by atoms with Crippen molar-refractivity contribution < 1.29 is 9.34 Å². The van der Waals surface area contributed by atoms with Crippen molar-refractivity contribution in [2.24, 2.45) is 0 Å². The monoisotopic (exact) mass is 434 g/mol. The fourth-order valence-corrected chi connectivity index (χ4v) is 3.81. The van der Waals surface area contributed by atoms with Crippen LogP contribution in [0.1, 0.15) is 18.1 Å². The van der Waals surface area contributed by atoms with E-state index in [2.05, 4.69) is 27.0 Å². The summed E-state index contributed by atoms with van der Waals surface area (Å²) < 4.78 is 7.79. The van der Waals surface area contributed by atoms with E-state index in [0.717, 1.165) is 11.4 Å². The molecule has 4 rings (SSSR count). The summed E-state index contributed by atoms with van der Waals surface area (Å²) in [4.78, 5) is 10.4. The Hall–Kier alpha value is -3.79. The minimum atomic E-state index is -0.454. The summed E-state index contributed by atoms with van der Waals surface area (Å²) in [6.45, 7) is 6.33. The number of allylic oxidation sites excluding steroid dienone is 1. The van der Waals surface area contributed by atoms with E-state index in [1.165, 1.54) is 23.9 Å². The highest BCUT2D eigenvalue weighted by Crippen LogP contribution is 2.36. The van der Waals surface area contributed by atoms with Crippen molar-refractivity contribution in [2.75, 3.05) is 0 Å². The van der Waals surface area contributed by atoms with Crippen molar-refractivity contribution in [2.45, 2.75) is 23.9 Å². The first-order valence-electron chi connectivity index (χ1n) is 9.41. The van der Waals surface area contributed by atoms with Gasteiger partial charge in [0.05, 0.1) is 10.2 Å². The van der Waals surface area contributed by atoms with Gasteiger partial charge in [-0.25, -0.2) is 0 Å². The van der Waals surface area contributed by atoms with Crippen LogP contribution in [-0.2, 0) is 6.54 Å². The molecule has 0 spiro atoms. The molecule has 0 bridgehead atoms. The van der Waals surface area contributed by atoms with Gasteiger partial charge in [0.2, 0.25) is 11.8 Å². The fraction of sp³-hybridized carbons (Fsp3) is 0.143. The van der Waals surface area contributed by atoms with Gasteiger partial charge >= 0.3 is 0 Å². The summed E-state index contributed by atoms with van der Waals surface area (Å²) in [6.07, 6.45) is 1.80. The van der Waals surface area contributed by atoms with Gasteiger partial charge in [0.25, 0.3) is 5.69 Å². The van der Waals surface area contributed by atoms with E-state index in [1.807, 2.05) is 41.8 Å². The molecule has 0 N–H and O–H groups in total. The van der Waals surface area contributed by atoms with Crippen molar-refractivity contribution in [1.29, 1.82) is 0 Å². The molecule has 0 aliphatic carbocycles. The highest BCUT2D eigenvalue weighted by molar-refractivity contribution is 7.99. The topological polar surface area (TPSA) is 113 Å². The Morgan fingerprint density at radius 1 is 1.10 bits per heavy atom. The lowest BCUT2D eigenvalue weighted by Gasteiger charge is -2.09. The molecule has 2 aromatic carbocycles. The van der Waals surface area contributed by atoms with Crippen molar-refractivity contribution in [3.63, 3.8) is 0 Å². The molecule has 1 unspecified atom stereocenters. The molecule has 0 aliphatic heterocycles. The Morgan fingerprint density at radius 3 is 2.52 bits per heavy atom. The van der Waals surface area contributed by atoms with Crippen LogP contribution >= 0.6 is 11.8 Å². The van der Waals surface area contributed by atoms with E-state index in [-0.39, 0.29) is 10.9 Å². The molecular formula is C21H18N6O3S. The van der Waals surface area contributed by atoms with Gasteiger partial charge in [-0.15, -0.1) is 27.0 Å². The van der Waals surface area contributed by atoms with Crippen molar-refractivity contribution >= 4 is 17.4 Å².